The Balaban J connectivity index is 2.39. The second-order valence-corrected chi connectivity index (χ2v) is 6.70. The zero-order chi connectivity index (χ0) is 14.0. The monoisotopic (exact) mass is 309 g/mol. The van der Waals surface area contributed by atoms with Gasteiger partial charge in [-0.05, 0) is 37.5 Å². The van der Waals surface area contributed by atoms with Gasteiger partial charge in [0.25, 0.3) is 0 Å². The molecule has 2 rings (SSSR count). The number of halogens is 3. The second-order valence-electron chi connectivity index (χ2n) is 4.46. The van der Waals surface area contributed by atoms with Gasteiger partial charge in [-0.1, -0.05) is 0 Å². The van der Waals surface area contributed by atoms with Crippen molar-refractivity contribution in [3.05, 3.63) is 29.8 Å². The molecular formula is C12H14ClF2NO2S. The summed E-state index contributed by atoms with van der Waals surface area (Å²) >= 11 is 5.64. The number of hydrogen-bond acceptors (Lipinski definition) is 2. The molecule has 1 aromatic carbocycles. The lowest BCUT2D eigenvalue weighted by Crippen LogP contribution is -2.36. The quantitative estimate of drug-likeness (QED) is 0.802. The zero-order valence-corrected chi connectivity index (χ0v) is 11.7. The molecule has 0 amide bonds. The molecule has 0 aromatic heterocycles. The van der Waals surface area contributed by atoms with Gasteiger partial charge >= 0.3 is 0 Å². The molecule has 19 heavy (non-hydrogen) atoms. The van der Waals surface area contributed by atoms with Crippen molar-refractivity contribution in [2.24, 2.45) is 0 Å². The van der Waals surface area contributed by atoms with Crippen LogP contribution in [0.25, 0.3) is 0 Å². The van der Waals surface area contributed by atoms with Gasteiger partial charge in [0.2, 0.25) is 10.0 Å². The molecule has 0 N–H and O–H groups in total. The lowest BCUT2D eigenvalue weighted by atomic mass is 10.2. The topological polar surface area (TPSA) is 37.4 Å². The van der Waals surface area contributed by atoms with E-state index in [-0.39, 0.29) is 6.04 Å². The van der Waals surface area contributed by atoms with E-state index in [1.54, 1.807) is 0 Å². The Hall–Kier alpha value is -0.720. The Morgan fingerprint density at radius 3 is 2.79 bits per heavy atom. The third-order valence-electron chi connectivity index (χ3n) is 3.25. The van der Waals surface area contributed by atoms with Crippen LogP contribution in [0.4, 0.5) is 8.78 Å². The Morgan fingerprint density at radius 2 is 2.11 bits per heavy atom. The first-order chi connectivity index (χ1) is 8.96. The maximum Gasteiger partial charge on any atom is 0.246 e. The van der Waals surface area contributed by atoms with E-state index in [4.69, 9.17) is 11.6 Å². The van der Waals surface area contributed by atoms with Crippen molar-refractivity contribution in [3.63, 3.8) is 0 Å². The van der Waals surface area contributed by atoms with E-state index in [9.17, 15) is 17.2 Å². The van der Waals surface area contributed by atoms with Crippen molar-refractivity contribution in [2.75, 3.05) is 12.4 Å². The van der Waals surface area contributed by atoms with Gasteiger partial charge in [0, 0.05) is 18.5 Å². The predicted octanol–water partition coefficient (Wildman–Crippen LogP) is 2.75. The molecule has 0 bridgehead atoms. The molecule has 1 saturated heterocycles. The summed E-state index contributed by atoms with van der Waals surface area (Å²) < 4.78 is 52.7. The molecule has 1 atom stereocenters. The van der Waals surface area contributed by atoms with Crippen molar-refractivity contribution >= 4 is 21.6 Å². The molecule has 1 heterocycles. The second kappa shape index (κ2) is 5.73. The van der Waals surface area contributed by atoms with Crippen LogP contribution in [0, 0.1) is 11.6 Å². The fourth-order valence-corrected chi connectivity index (χ4v) is 4.39. The summed E-state index contributed by atoms with van der Waals surface area (Å²) in [5.74, 6) is -1.37. The van der Waals surface area contributed by atoms with E-state index >= 15 is 0 Å². The van der Waals surface area contributed by atoms with Gasteiger partial charge in [-0.15, -0.1) is 11.6 Å². The van der Waals surface area contributed by atoms with Crippen LogP contribution in [0.1, 0.15) is 19.3 Å². The van der Waals surface area contributed by atoms with Crippen LogP contribution < -0.4 is 0 Å². The number of hydrogen-bond donors (Lipinski definition) is 0. The first kappa shape index (κ1) is 14.7. The highest BCUT2D eigenvalue weighted by molar-refractivity contribution is 7.89. The standard InChI is InChI=1S/C12H14ClF2NO2S/c13-6-5-10-2-1-7-16(10)19(17,18)12-8-9(14)3-4-11(12)15/h3-4,8,10H,1-2,5-7H2. The minimum atomic E-state index is -4.00. The lowest BCUT2D eigenvalue weighted by molar-refractivity contribution is 0.378. The maximum atomic E-state index is 13.6. The van der Waals surface area contributed by atoms with Crippen LogP contribution in [-0.4, -0.2) is 31.2 Å². The molecule has 1 aromatic rings. The maximum absolute atomic E-state index is 13.6. The van der Waals surface area contributed by atoms with Gasteiger partial charge in [0.1, 0.15) is 16.5 Å². The van der Waals surface area contributed by atoms with E-state index in [0.717, 1.165) is 18.2 Å². The van der Waals surface area contributed by atoms with Gasteiger partial charge < -0.3 is 0 Å². The number of alkyl halides is 1. The molecule has 0 spiro atoms. The molecule has 0 saturated carbocycles. The highest BCUT2D eigenvalue weighted by atomic mass is 35.5. The van der Waals surface area contributed by atoms with Crippen LogP contribution in [0.2, 0.25) is 0 Å². The van der Waals surface area contributed by atoms with Crippen LogP contribution in [0.3, 0.4) is 0 Å². The average molecular weight is 310 g/mol. The van der Waals surface area contributed by atoms with Gasteiger partial charge in [0.15, 0.2) is 0 Å². The first-order valence-corrected chi connectivity index (χ1v) is 7.97. The highest BCUT2D eigenvalue weighted by Crippen LogP contribution is 2.29. The SMILES string of the molecule is O=S(=O)(c1cc(F)ccc1F)N1CCCC1CCCl. The smallest absolute Gasteiger partial charge is 0.207 e. The van der Waals surface area contributed by atoms with Crippen molar-refractivity contribution in [2.45, 2.75) is 30.2 Å². The van der Waals surface area contributed by atoms with Crippen LogP contribution in [-0.2, 0) is 10.0 Å². The summed E-state index contributed by atoms with van der Waals surface area (Å²) in [5, 5.41) is 0. The molecule has 0 aliphatic carbocycles. The third kappa shape index (κ3) is 2.90. The van der Waals surface area contributed by atoms with E-state index < -0.39 is 26.6 Å². The Kier molecular flexibility index (Phi) is 4.43. The van der Waals surface area contributed by atoms with Gasteiger partial charge in [0.05, 0.1) is 0 Å². The number of sulfonamides is 1. The van der Waals surface area contributed by atoms with E-state index in [1.807, 2.05) is 0 Å². The van der Waals surface area contributed by atoms with Crippen LogP contribution in [0.15, 0.2) is 23.1 Å². The van der Waals surface area contributed by atoms with Crippen LogP contribution >= 0.6 is 11.6 Å². The molecular weight excluding hydrogens is 296 g/mol. The molecule has 7 heteroatoms. The fourth-order valence-electron chi connectivity index (χ4n) is 2.34. The van der Waals surface area contributed by atoms with Crippen molar-refractivity contribution < 1.29 is 17.2 Å². The minimum absolute atomic E-state index is 0.231. The van der Waals surface area contributed by atoms with Gasteiger partial charge in [-0.25, -0.2) is 17.2 Å². The summed E-state index contributed by atoms with van der Waals surface area (Å²) in [6.45, 7) is 0.319. The number of nitrogens with zero attached hydrogens (tertiary/aromatic N) is 1. The summed E-state index contributed by atoms with van der Waals surface area (Å²) in [6, 6.07) is 2.22. The molecule has 1 fully saturated rings. The third-order valence-corrected chi connectivity index (χ3v) is 5.43. The van der Waals surface area contributed by atoms with Crippen molar-refractivity contribution in [1.29, 1.82) is 0 Å². The fraction of sp³-hybridized carbons (Fsp3) is 0.500. The first-order valence-electron chi connectivity index (χ1n) is 5.99. The molecule has 0 radical (unpaired) electrons. The Bertz CT molecular complexity index is 565. The summed E-state index contributed by atoms with van der Waals surface area (Å²) in [5.41, 5.74) is 0. The largest absolute Gasteiger partial charge is 0.246 e. The van der Waals surface area contributed by atoms with E-state index in [2.05, 4.69) is 0 Å². The Labute approximate surface area is 116 Å². The number of rotatable bonds is 4. The average Bonchev–Trinajstić information content (AvgIpc) is 2.81. The lowest BCUT2D eigenvalue weighted by Gasteiger charge is -2.23. The summed E-state index contributed by atoms with van der Waals surface area (Å²) in [4.78, 5) is -0.603. The molecule has 1 aliphatic heterocycles. The summed E-state index contributed by atoms with van der Waals surface area (Å²) in [7, 11) is -4.00. The van der Waals surface area contributed by atoms with E-state index in [0.29, 0.717) is 31.7 Å². The molecule has 106 valence electrons. The minimum Gasteiger partial charge on any atom is -0.207 e. The molecule has 3 nitrogen and oxygen atoms in total. The highest BCUT2D eigenvalue weighted by Gasteiger charge is 2.36. The normalized spacial score (nSPS) is 20.9. The van der Waals surface area contributed by atoms with Crippen molar-refractivity contribution in [1.82, 2.24) is 4.31 Å². The molecule has 1 unspecified atom stereocenters. The van der Waals surface area contributed by atoms with Crippen LogP contribution in [0.5, 0.6) is 0 Å². The molecule has 1 aliphatic rings. The van der Waals surface area contributed by atoms with Crippen molar-refractivity contribution in [3.8, 4) is 0 Å². The van der Waals surface area contributed by atoms with Gasteiger partial charge in [-0.3, -0.25) is 0 Å². The van der Waals surface area contributed by atoms with E-state index in [1.165, 1.54) is 4.31 Å². The summed E-state index contributed by atoms with van der Waals surface area (Å²) in [6.07, 6.45) is 1.92. The zero-order valence-electron chi connectivity index (χ0n) is 10.2. The van der Waals surface area contributed by atoms with Gasteiger partial charge in [-0.2, -0.15) is 4.31 Å². The Morgan fingerprint density at radius 1 is 1.37 bits per heavy atom. The predicted molar refractivity (Wildman–Crippen MR) is 68.6 cm³/mol. The number of benzene rings is 1.